The van der Waals surface area contributed by atoms with Crippen molar-refractivity contribution in [3.05, 3.63) is 28.3 Å². The highest BCUT2D eigenvalue weighted by Gasteiger charge is 2.14. The van der Waals surface area contributed by atoms with Crippen molar-refractivity contribution in [1.82, 2.24) is 5.01 Å². The van der Waals surface area contributed by atoms with Crippen molar-refractivity contribution in [2.45, 2.75) is 6.92 Å². The molecule has 0 aromatic heterocycles. The van der Waals surface area contributed by atoms with E-state index in [1.54, 1.807) is 6.07 Å². The van der Waals surface area contributed by atoms with Crippen molar-refractivity contribution in [3.63, 3.8) is 0 Å². The molecule has 7 heteroatoms. The normalized spacial score (nSPS) is 16.1. The Hall–Kier alpha value is -1.86. The third kappa shape index (κ3) is 3.80. The van der Waals surface area contributed by atoms with Crippen LogP contribution in [0.25, 0.3) is 0 Å². The van der Waals surface area contributed by atoms with Gasteiger partial charge in [-0.1, -0.05) is 0 Å². The minimum absolute atomic E-state index is 0.0155. The van der Waals surface area contributed by atoms with Crippen LogP contribution in [0, 0.1) is 10.1 Å². The number of nitro benzene ring substituents is 1. The second kappa shape index (κ2) is 6.35. The molecule has 1 aromatic carbocycles. The summed E-state index contributed by atoms with van der Waals surface area (Å²) in [6.07, 6.45) is 0. The van der Waals surface area contributed by atoms with Crippen LogP contribution in [0.1, 0.15) is 6.92 Å². The molecule has 0 atom stereocenters. The number of ether oxygens (including phenoxy) is 2. The number of non-ortho nitro benzene ring substituents is 1. The molecule has 1 heterocycles. The van der Waals surface area contributed by atoms with Gasteiger partial charge in [-0.3, -0.25) is 10.1 Å². The lowest BCUT2D eigenvalue weighted by molar-refractivity contribution is -0.384. The molecule has 0 bridgehead atoms. The summed E-state index contributed by atoms with van der Waals surface area (Å²) in [5, 5.41) is 12.9. The van der Waals surface area contributed by atoms with Crippen molar-refractivity contribution in [2.75, 3.05) is 38.3 Å². The van der Waals surface area contributed by atoms with Crippen molar-refractivity contribution >= 4 is 11.4 Å². The van der Waals surface area contributed by atoms with E-state index in [1.807, 2.05) is 11.9 Å². The van der Waals surface area contributed by atoms with Crippen LogP contribution < -0.4 is 10.2 Å². The Morgan fingerprint density at radius 3 is 2.79 bits per heavy atom. The van der Waals surface area contributed by atoms with Gasteiger partial charge in [-0.2, -0.15) is 0 Å². The van der Waals surface area contributed by atoms with Gasteiger partial charge in [-0.25, -0.2) is 5.01 Å². The standard InChI is InChI=1S/C12H17N3O4/c1-2-19-12-8-10(7-11(9-12)15(16)17)13-14-3-5-18-6-4-14/h7-9,13H,2-6H2,1H3. The van der Waals surface area contributed by atoms with Gasteiger partial charge in [0.05, 0.1) is 36.5 Å². The molecule has 0 amide bonds. The predicted octanol–water partition coefficient (Wildman–Crippen LogP) is 1.65. The van der Waals surface area contributed by atoms with Crippen LogP contribution in [0.3, 0.4) is 0 Å². The van der Waals surface area contributed by atoms with Crippen LogP contribution in [0.5, 0.6) is 5.75 Å². The second-order valence-electron chi connectivity index (χ2n) is 4.12. The van der Waals surface area contributed by atoms with Crippen molar-refractivity contribution in [1.29, 1.82) is 0 Å². The Kier molecular flexibility index (Phi) is 4.53. The zero-order valence-corrected chi connectivity index (χ0v) is 10.8. The molecule has 1 aliphatic rings. The molecule has 0 unspecified atom stereocenters. The fraction of sp³-hybridized carbons (Fsp3) is 0.500. The Labute approximate surface area is 111 Å². The summed E-state index contributed by atoms with van der Waals surface area (Å²) < 4.78 is 10.6. The molecule has 1 aromatic rings. The van der Waals surface area contributed by atoms with Crippen LogP contribution >= 0.6 is 0 Å². The molecule has 1 fully saturated rings. The lowest BCUT2D eigenvalue weighted by atomic mass is 10.2. The molecule has 1 aliphatic heterocycles. The van der Waals surface area contributed by atoms with Crippen LogP contribution in [0.4, 0.5) is 11.4 Å². The second-order valence-corrected chi connectivity index (χ2v) is 4.12. The summed E-state index contributed by atoms with van der Waals surface area (Å²) >= 11 is 0. The van der Waals surface area contributed by atoms with Crippen molar-refractivity contribution in [3.8, 4) is 5.75 Å². The first-order valence-corrected chi connectivity index (χ1v) is 6.20. The van der Waals surface area contributed by atoms with Crippen molar-refractivity contribution < 1.29 is 14.4 Å². The monoisotopic (exact) mass is 267 g/mol. The number of hydrazine groups is 1. The van der Waals surface area contributed by atoms with Crippen LogP contribution in [-0.4, -0.2) is 42.8 Å². The maximum absolute atomic E-state index is 10.9. The van der Waals surface area contributed by atoms with Gasteiger partial charge < -0.3 is 14.9 Å². The summed E-state index contributed by atoms with van der Waals surface area (Å²) in [6.45, 7) is 5.10. The van der Waals surface area contributed by atoms with E-state index in [-0.39, 0.29) is 5.69 Å². The van der Waals surface area contributed by atoms with E-state index in [4.69, 9.17) is 9.47 Å². The Balaban J connectivity index is 2.15. The number of nitrogens with one attached hydrogen (secondary N) is 1. The highest BCUT2D eigenvalue weighted by molar-refractivity contribution is 5.55. The molecule has 0 radical (unpaired) electrons. The van der Waals surface area contributed by atoms with Crippen molar-refractivity contribution in [2.24, 2.45) is 0 Å². The lowest BCUT2D eigenvalue weighted by Crippen LogP contribution is -2.40. The number of hydrogen-bond acceptors (Lipinski definition) is 6. The Bertz CT molecular complexity index is 447. The molecule has 104 valence electrons. The summed E-state index contributed by atoms with van der Waals surface area (Å²) in [5.41, 5.74) is 3.81. The molecular weight excluding hydrogens is 250 g/mol. The maximum atomic E-state index is 10.9. The minimum atomic E-state index is -0.424. The predicted molar refractivity (Wildman–Crippen MR) is 70.3 cm³/mol. The molecule has 0 spiro atoms. The fourth-order valence-corrected chi connectivity index (χ4v) is 1.86. The third-order valence-electron chi connectivity index (χ3n) is 2.71. The molecule has 1 saturated heterocycles. The zero-order valence-electron chi connectivity index (χ0n) is 10.8. The van der Waals surface area contributed by atoms with E-state index in [1.165, 1.54) is 12.1 Å². The van der Waals surface area contributed by atoms with E-state index < -0.39 is 4.92 Å². The summed E-state index contributed by atoms with van der Waals surface area (Å²) in [4.78, 5) is 10.5. The quantitative estimate of drug-likeness (QED) is 0.645. The van der Waals surface area contributed by atoms with E-state index in [2.05, 4.69) is 5.43 Å². The molecule has 0 saturated carbocycles. The molecule has 1 N–H and O–H groups in total. The number of hydrogen-bond donors (Lipinski definition) is 1. The Morgan fingerprint density at radius 1 is 1.42 bits per heavy atom. The highest BCUT2D eigenvalue weighted by Crippen LogP contribution is 2.26. The third-order valence-corrected chi connectivity index (χ3v) is 2.71. The van der Waals surface area contributed by atoms with Gasteiger partial charge in [-0.15, -0.1) is 0 Å². The average molecular weight is 267 g/mol. The molecule has 7 nitrogen and oxygen atoms in total. The van der Waals surface area contributed by atoms with Gasteiger partial charge in [0.15, 0.2) is 0 Å². The summed E-state index contributed by atoms with van der Waals surface area (Å²) in [7, 11) is 0. The van der Waals surface area contributed by atoms with Crippen LogP contribution in [0.15, 0.2) is 18.2 Å². The van der Waals surface area contributed by atoms with Gasteiger partial charge in [0.2, 0.25) is 0 Å². The van der Waals surface area contributed by atoms with Gasteiger partial charge in [0, 0.05) is 25.2 Å². The Morgan fingerprint density at radius 2 is 2.16 bits per heavy atom. The lowest BCUT2D eigenvalue weighted by Gasteiger charge is -2.28. The van der Waals surface area contributed by atoms with Gasteiger partial charge in [-0.05, 0) is 6.92 Å². The molecule has 2 rings (SSSR count). The summed E-state index contributed by atoms with van der Waals surface area (Å²) in [6, 6.07) is 4.68. The molecular formula is C12H17N3O4. The van der Waals surface area contributed by atoms with Gasteiger partial charge in [0.25, 0.3) is 5.69 Å². The average Bonchev–Trinajstić information content (AvgIpc) is 2.40. The maximum Gasteiger partial charge on any atom is 0.275 e. The molecule has 19 heavy (non-hydrogen) atoms. The highest BCUT2D eigenvalue weighted by atomic mass is 16.6. The zero-order chi connectivity index (χ0) is 13.7. The fourth-order valence-electron chi connectivity index (χ4n) is 1.86. The first-order valence-electron chi connectivity index (χ1n) is 6.20. The minimum Gasteiger partial charge on any atom is -0.494 e. The SMILES string of the molecule is CCOc1cc(NN2CCOCC2)cc([N+](=O)[O-])c1. The first-order chi connectivity index (χ1) is 9.19. The number of benzene rings is 1. The van der Waals surface area contributed by atoms with Gasteiger partial charge in [0.1, 0.15) is 5.75 Å². The topological polar surface area (TPSA) is 76.9 Å². The van der Waals surface area contributed by atoms with E-state index in [0.29, 0.717) is 31.3 Å². The smallest absolute Gasteiger partial charge is 0.275 e. The number of morpholine rings is 1. The van der Waals surface area contributed by atoms with E-state index in [0.717, 1.165) is 13.1 Å². The molecule has 0 aliphatic carbocycles. The first kappa shape index (κ1) is 13.6. The van der Waals surface area contributed by atoms with Crippen LogP contribution in [0.2, 0.25) is 0 Å². The largest absolute Gasteiger partial charge is 0.494 e. The van der Waals surface area contributed by atoms with E-state index >= 15 is 0 Å². The number of rotatable bonds is 5. The number of nitro groups is 1. The number of nitrogens with zero attached hydrogens (tertiary/aromatic N) is 2. The summed E-state index contributed by atoms with van der Waals surface area (Å²) in [5.74, 6) is 0.493. The van der Waals surface area contributed by atoms with E-state index in [9.17, 15) is 10.1 Å². The number of anilines is 1. The van der Waals surface area contributed by atoms with Crippen LogP contribution in [-0.2, 0) is 4.74 Å². The van der Waals surface area contributed by atoms with Gasteiger partial charge >= 0.3 is 0 Å².